The van der Waals surface area contributed by atoms with Crippen molar-refractivity contribution in [3.05, 3.63) is 34.0 Å². The maximum atomic E-state index is 12.7. The number of likely N-dealkylation sites (tertiary alicyclic amines) is 1. The Morgan fingerprint density at radius 2 is 2.08 bits per heavy atom. The third-order valence-corrected chi connectivity index (χ3v) is 5.14. The first-order chi connectivity index (χ1) is 11.3. The lowest BCUT2D eigenvalue weighted by Crippen LogP contribution is -2.40. The number of hydrogen-bond acceptors (Lipinski definition) is 4. The molecule has 0 radical (unpaired) electrons. The number of halogens is 3. The van der Waals surface area contributed by atoms with Crippen LogP contribution >= 0.6 is 11.3 Å². The number of carbonyl (C=O) groups is 1. The first-order valence-corrected chi connectivity index (χ1v) is 8.51. The molecule has 130 valence electrons. The van der Waals surface area contributed by atoms with Crippen LogP contribution in [0.5, 0.6) is 0 Å². The summed E-state index contributed by atoms with van der Waals surface area (Å²) in [5.74, 6) is 0.157. The molecule has 1 aliphatic heterocycles. The quantitative estimate of drug-likeness (QED) is 0.847. The Hall–Kier alpha value is -1.90. The van der Waals surface area contributed by atoms with E-state index in [9.17, 15) is 18.0 Å². The van der Waals surface area contributed by atoms with Gasteiger partial charge in [0.2, 0.25) is 5.91 Å². The standard InChI is InChI=1S/C15H17F3N4OS/c1-10-8-12(15(16,17)18)20-22(10)9-13(23)21-5-2-11(3-6-21)14-19-4-7-24-14/h4,7-8,11H,2-3,5-6,9H2,1H3. The molecular formula is C15H17F3N4OS. The Balaban J connectivity index is 1.59. The molecule has 0 aromatic carbocycles. The minimum Gasteiger partial charge on any atom is -0.341 e. The molecule has 9 heteroatoms. The van der Waals surface area contributed by atoms with Crippen LogP contribution in [0, 0.1) is 6.92 Å². The number of rotatable bonds is 3. The summed E-state index contributed by atoms with van der Waals surface area (Å²) >= 11 is 1.61. The molecule has 0 spiro atoms. The largest absolute Gasteiger partial charge is 0.435 e. The van der Waals surface area contributed by atoms with Gasteiger partial charge in [-0.3, -0.25) is 9.48 Å². The van der Waals surface area contributed by atoms with Crippen LogP contribution in [-0.2, 0) is 17.5 Å². The summed E-state index contributed by atoms with van der Waals surface area (Å²) < 4.78 is 39.1. The molecule has 3 heterocycles. The first kappa shape index (κ1) is 16.9. The molecule has 1 amide bonds. The highest BCUT2D eigenvalue weighted by molar-refractivity contribution is 7.09. The number of carbonyl (C=O) groups excluding carboxylic acids is 1. The van der Waals surface area contributed by atoms with Crippen LogP contribution in [0.4, 0.5) is 13.2 Å². The number of aromatic nitrogens is 3. The smallest absolute Gasteiger partial charge is 0.341 e. The SMILES string of the molecule is Cc1cc(C(F)(F)F)nn1CC(=O)N1CCC(c2nccs2)CC1. The molecule has 0 bridgehead atoms. The highest BCUT2D eigenvalue weighted by Crippen LogP contribution is 2.30. The molecule has 0 unspecified atom stereocenters. The molecule has 1 fully saturated rings. The van der Waals surface area contributed by atoms with E-state index < -0.39 is 11.9 Å². The Labute approximate surface area is 141 Å². The number of alkyl halides is 3. The summed E-state index contributed by atoms with van der Waals surface area (Å²) in [5.41, 5.74) is -0.636. The summed E-state index contributed by atoms with van der Waals surface area (Å²) in [6.07, 6.45) is -1.07. The van der Waals surface area contributed by atoms with Crippen LogP contribution in [0.2, 0.25) is 0 Å². The van der Waals surface area contributed by atoms with Crippen molar-refractivity contribution >= 4 is 17.2 Å². The van der Waals surface area contributed by atoms with E-state index in [-0.39, 0.29) is 12.5 Å². The van der Waals surface area contributed by atoms with Gasteiger partial charge in [0, 0.05) is 36.3 Å². The topological polar surface area (TPSA) is 51.0 Å². The Morgan fingerprint density at radius 1 is 1.38 bits per heavy atom. The Bertz CT molecular complexity index is 703. The average molecular weight is 358 g/mol. The average Bonchev–Trinajstić information content (AvgIpc) is 3.17. The second kappa shape index (κ2) is 6.54. The van der Waals surface area contributed by atoms with Gasteiger partial charge in [-0.1, -0.05) is 0 Å². The van der Waals surface area contributed by atoms with Crippen molar-refractivity contribution in [2.24, 2.45) is 0 Å². The monoisotopic (exact) mass is 358 g/mol. The zero-order chi connectivity index (χ0) is 17.3. The van der Waals surface area contributed by atoms with E-state index >= 15 is 0 Å². The molecule has 0 aliphatic carbocycles. The number of piperidine rings is 1. The second-order valence-corrected chi connectivity index (χ2v) is 6.78. The number of nitrogens with zero attached hydrogens (tertiary/aromatic N) is 4. The lowest BCUT2D eigenvalue weighted by molar-refractivity contribution is -0.142. The van der Waals surface area contributed by atoms with Gasteiger partial charge in [-0.15, -0.1) is 11.3 Å². The predicted molar refractivity (Wildman–Crippen MR) is 82.6 cm³/mol. The maximum absolute atomic E-state index is 12.7. The zero-order valence-electron chi connectivity index (χ0n) is 13.1. The normalized spacial score (nSPS) is 16.6. The predicted octanol–water partition coefficient (Wildman–Crippen LogP) is 3.07. The Morgan fingerprint density at radius 3 is 2.62 bits per heavy atom. The molecule has 3 rings (SSSR count). The van der Waals surface area contributed by atoms with Crippen LogP contribution in [-0.4, -0.2) is 38.7 Å². The van der Waals surface area contributed by atoms with E-state index in [0.29, 0.717) is 24.7 Å². The van der Waals surface area contributed by atoms with Crippen molar-refractivity contribution < 1.29 is 18.0 Å². The summed E-state index contributed by atoms with van der Waals surface area (Å²) in [6, 6.07) is 0.960. The fraction of sp³-hybridized carbons (Fsp3) is 0.533. The fourth-order valence-corrected chi connectivity index (χ4v) is 3.66. The molecule has 1 aliphatic rings. The van der Waals surface area contributed by atoms with E-state index in [1.54, 1.807) is 22.4 Å². The first-order valence-electron chi connectivity index (χ1n) is 7.63. The third kappa shape index (κ3) is 3.61. The molecule has 0 N–H and O–H groups in total. The minimum absolute atomic E-state index is 0.163. The summed E-state index contributed by atoms with van der Waals surface area (Å²) in [7, 11) is 0. The van der Waals surface area contributed by atoms with Crippen molar-refractivity contribution in [3.8, 4) is 0 Å². The molecule has 2 aromatic rings. The summed E-state index contributed by atoms with van der Waals surface area (Å²) in [6.45, 7) is 2.54. The van der Waals surface area contributed by atoms with Gasteiger partial charge in [-0.2, -0.15) is 18.3 Å². The highest BCUT2D eigenvalue weighted by Gasteiger charge is 2.35. The fourth-order valence-electron chi connectivity index (χ4n) is 2.85. The van der Waals surface area contributed by atoms with E-state index in [2.05, 4.69) is 10.1 Å². The minimum atomic E-state index is -4.49. The van der Waals surface area contributed by atoms with Crippen molar-refractivity contribution in [3.63, 3.8) is 0 Å². The van der Waals surface area contributed by atoms with Crippen LogP contribution in [0.15, 0.2) is 17.6 Å². The molecule has 5 nitrogen and oxygen atoms in total. The number of amides is 1. The number of aryl methyl sites for hydroxylation is 1. The number of thiazole rings is 1. The van der Waals surface area contributed by atoms with Gasteiger partial charge >= 0.3 is 6.18 Å². The molecule has 2 aromatic heterocycles. The van der Waals surface area contributed by atoms with Gasteiger partial charge in [0.05, 0.1) is 5.01 Å². The van der Waals surface area contributed by atoms with Crippen LogP contribution < -0.4 is 0 Å². The lowest BCUT2D eigenvalue weighted by atomic mass is 9.97. The van der Waals surface area contributed by atoms with Crippen LogP contribution in [0.25, 0.3) is 0 Å². The van der Waals surface area contributed by atoms with Gasteiger partial charge in [-0.25, -0.2) is 4.98 Å². The molecule has 1 saturated heterocycles. The molecule has 0 atom stereocenters. The van der Waals surface area contributed by atoms with Gasteiger partial charge in [0.1, 0.15) is 6.54 Å². The lowest BCUT2D eigenvalue weighted by Gasteiger charge is -2.31. The van der Waals surface area contributed by atoms with E-state index in [4.69, 9.17) is 0 Å². The van der Waals surface area contributed by atoms with Crippen molar-refractivity contribution in [1.29, 1.82) is 0 Å². The van der Waals surface area contributed by atoms with E-state index in [1.165, 1.54) is 6.92 Å². The molecular weight excluding hydrogens is 341 g/mol. The van der Waals surface area contributed by atoms with Gasteiger partial charge in [0.15, 0.2) is 5.69 Å². The number of hydrogen-bond donors (Lipinski definition) is 0. The van der Waals surface area contributed by atoms with Crippen LogP contribution in [0.3, 0.4) is 0 Å². The van der Waals surface area contributed by atoms with Gasteiger partial charge < -0.3 is 4.90 Å². The van der Waals surface area contributed by atoms with Gasteiger partial charge in [0.25, 0.3) is 0 Å². The maximum Gasteiger partial charge on any atom is 0.435 e. The van der Waals surface area contributed by atoms with E-state index in [0.717, 1.165) is 28.6 Å². The van der Waals surface area contributed by atoms with Crippen molar-refractivity contribution in [1.82, 2.24) is 19.7 Å². The third-order valence-electron chi connectivity index (χ3n) is 4.20. The summed E-state index contributed by atoms with van der Waals surface area (Å²) in [5, 5.41) is 6.53. The molecule has 0 saturated carbocycles. The van der Waals surface area contributed by atoms with Crippen molar-refractivity contribution in [2.45, 2.75) is 38.4 Å². The highest BCUT2D eigenvalue weighted by atomic mass is 32.1. The van der Waals surface area contributed by atoms with Crippen molar-refractivity contribution in [2.75, 3.05) is 13.1 Å². The second-order valence-electron chi connectivity index (χ2n) is 5.85. The van der Waals surface area contributed by atoms with E-state index in [1.807, 2.05) is 5.38 Å². The summed E-state index contributed by atoms with van der Waals surface area (Å²) in [4.78, 5) is 18.3. The Kier molecular flexibility index (Phi) is 4.62. The molecule has 24 heavy (non-hydrogen) atoms. The zero-order valence-corrected chi connectivity index (χ0v) is 13.9. The van der Waals surface area contributed by atoms with Gasteiger partial charge in [-0.05, 0) is 25.8 Å². The van der Waals surface area contributed by atoms with Crippen LogP contribution in [0.1, 0.15) is 35.2 Å².